The quantitative estimate of drug-likeness (QED) is 0.607. The van der Waals surface area contributed by atoms with Crippen LogP contribution in [0.2, 0.25) is 0 Å². The van der Waals surface area contributed by atoms with Crippen molar-refractivity contribution in [1.29, 1.82) is 0 Å². The Balaban J connectivity index is 1.51. The molecule has 0 bridgehead atoms. The predicted molar refractivity (Wildman–Crippen MR) is 88.9 cm³/mol. The molecule has 2 aromatic carbocycles. The van der Waals surface area contributed by atoms with Crippen molar-refractivity contribution >= 4 is 16.7 Å². The third-order valence-corrected chi connectivity index (χ3v) is 4.69. The molecule has 1 aliphatic heterocycles. The molecule has 2 aliphatic rings. The molecule has 1 saturated carbocycles. The second kappa shape index (κ2) is 5.85. The zero-order chi connectivity index (χ0) is 15.8. The molecule has 4 nitrogen and oxygen atoms in total. The molecule has 23 heavy (non-hydrogen) atoms. The van der Waals surface area contributed by atoms with Gasteiger partial charge in [0.2, 0.25) is 0 Å². The number of esters is 1. The van der Waals surface area contributed by atoms with E-state index >= 15 is 0 Å². The molecule has 2 atom stereocenters. The Morgan fingerprint density at radius 2 is 2.09 bits per heavy atom. The molecule has 2 unspecified atom stereocenters. The van der Waals surface area contributed by atoms with Gasteiger partial charge in [-0.1, -0.05) is 24.3 Å². The second-order valence-corrected chi connectivity index (χ2v) is 6.55. The first-order valence-corrected chi connectivity index (χ1v) is 8.22. The van der Waals surface area contributed by atoms with E-state index in [1.165, 1.54) is 26.5 Å². The van der Waals surface area contributed by atoms with Crippen LogP contribution in [0.15, 0.2) is 36.4 Å². The Labute approximate surface area is 136 Å². The van der Waals surface area contributed by atoms with Gasteiger partial charge in [0.25, 0.3) is 0 Å². The first-order chi connectivity index (χ1) is 11.2. The van der Waals surface area contributed by atoms with Crippen LogP contribution in [0.4, 0.5) is 0 Å². The molecule has 2 fully saturated rings. The summed E-state index contributed by atoms with van der Waals surface area (Å²) in [6, 6.07) is 12.1. The highest BCUT2D eigenvalue weighted by Crippen LogP contribution is 2.34. The predicted octanol–water partition coefficient (Wildman–Crippen LogP) is 3.10. The summed E-state index contributed by atoms with van der Waals surface area (Å²) in [5.41, 5.74) is 0.534. The average molecular weight is 311 g/mol. The molecule has 4 heteroatoms. The minimum atomic E-state index is -0.331. The van der Waals surface area contributed by atoms with Crippen molar-refractivity contribution < 1.29 is 14.3 Å². The number of hydrogen-bond donors (Lipinski definition) is 0. The van der Waals surface area contributed by atoms with Crippen LogP contribution >= 0.6 is 0 Å². The van der Waals surface area contributed by atoms with Crippen molar-refractivity contribution in [3.63, 3.8) is 0 Å². The Bertz CT molecular complexity index is 738. The first-order valence-electron chi connectivity index (χ1n) is 8.22. The molecule has 0 spiro atoms. The van der Waals surface area contributed by atoms with Gasteiger partial charge in [0.05, 0.1) is 18.7 Å². The van der Waals surface area contributed by atoms with Gasteiger partial charge in [-0.05, 0) is 36.3 Å². The maximum Gasteiger partial charge on any atom is 0.338 e. The number of rotatable bonds is 6. The van der Waals surface area contributed by atoms with E-state index in [0.29, 0.717) is 18.2 Å². The number of carbonyl (C=O) groups is 1. The van der Waals surface area contributed by atoms with E-state index < -0.39 is 0 Å². The molecule has 1 heterocycles. The van der Waals surface area contributed by atoms with Crippen molar-refractivity contribution in [1.82, 2.24) is 4.90 Å². The molecular formula is C19H21NO3. The van der Waals surface area contributed by atoms with Gasteiger partial charge in [-0.2, -0.15) is 0 Å². The van der Waals surface area contributed by atoms with E-state index in [4.69, 9.17) is 9.47 Å². The van der Waals surface area contributed by atoms with Gasteiger partial charge in [-0.15, -0.1) is 0 Å². The molecule has 2 aromatic rings. The monoisotopic (exact) mass is 311 g/mol. The van der Waals surface area contributed by atoms with E-state index in [1.54, 1.807) is 6.07 Å². The molecule has 4 rings (SSSR count). The minimum Gasteiger partial charge on any atom is -0.491 e. The maximum absolute atomic E-state index is 11.9. The van der Waals surface area contributed by atoms with E-state index in [9.17, 15) is 4.79 Å². The van der Waals surface area contributed by atoms with Gasteiger partial charge in [-0.3, -0.25) is 4.90 Å². The summed E-state index contributed by atoms with van der Waals surface area (Å²) in [4.78, 5) is 14.3. The summed E-state index contributed by atoms with van der Waals surface area (Å²) >= 11 is 0. The van der Waals surface area contributed by atoms with Gasteiger partial charge in [0.15, 0.2) is 0 Å². The fraction of sp³-hybridized carbons (Fsp3) is 0.421. The van der Waals surface area contributed by atoms with Crippen molar-refractivity contribution in [2.24, 2.45) is 5.92 Å². The van der Waals surface area contributed by atoms with E-state index in [1.807, 2.05) is 30.3 Å². The van der Waals surface area contributed by atoms with Crippen molar-refractivity contribution in [3.05, 3.63) is 42.0 Å². The lowest BCUT2D eigenvalue weighted by atomic mass is 10.1. The fourth-order valence-electron chi connectivity index (χ4n) is 3.05. The first kappa shape index (κ1) is 14.5. The molecule has 0 N–H and O–H groups in total. The van der Waals surface area contributed by atoms with E-state index in [2.05, 4.69) is 4.90 Å². The lowest BCUT2D eigenvalue weighted by Crippen LogP contribution is -2.13. The zero-order valence-electron chi connectivity index (χ0n) is 13.3. The highest BCUT2D eigenvalue weighted by atomic mass is 16.5. The number of hydrogen-bond acceptors (Lipinski definition) is 4. The topological polar surface area (TPSA) is 38.5 Å². The van der Waals surface area contributed by atoms with Crippen LogP contribution in [0, 0.1) is 5.92 Å². The third kappa shape index (κ3) is 3.17. The minimum absolute atomic E-state index is 0.331. The number of fused-ring (bicyclic) bond motifs is 1. The lowest BCUT2D eigenvalue weighted by Gasteiger charge is -2.11. The lowest BCUT2D eigenvalue weighted by molar-refractivity contribution is 0.0600. The summed E-state index contributed by atoms with van der Waals surface area (Å²) in [7, 11) is 1.40. The Hall–Kier alpha value is -2.07. The molecule has 1 saturated heterocycles. The van der Waals surface area contributed by atoms with Gasteiger partial charge in [0.1, 0.15) is 12.4 Å². The van der Waals surface area contributed by atoms with Gasteiger partial charge >= 0.3 is 5.97 Å². The fourth-order valence-corrected chi connectivity index (χ4v) is 3.05. The van der Waals surface area contributed by atoms with E-state index in [-0.39, 0.29) is 5.97 Å². The molecule has 0 amide bonds. The van der Waals surface area contributed by atoms with Gasteiger partial charge in [0, 0.05) is 18.5 Å². The van der Waals surface area contributed by atoms with E-state index in [0.717, 1.165) is 29.0 Å². The Kier molecular flexibility index (Phi) is 3.69. The highest BCUT2D eigenvalue weighted by Gasteiger charge is 2.38. The van der Waals surface area contributed by atoms with Crippen molar-refractivity contribution in [2.45, 2.75) is 18.9 Å². The average Bonchev–Trinajstić information content (AvgIpc) is 3.50. The number of benzene rings is 2. The van der Waals surface area contributed by atoms with Gasteiger partial charge < -0.3 is 9.47 Å². The SMILES string of the molecule is COC(=O)c1cc(OCC2CN2CC2CC2)c2ccccc2c1. The summed E-state index contributed by atoms with van der Waals surface area (Å²) in [6.07, 6.45) is 2.77. The summed E-state index contributed by atoms with van der Waals surface area (Å²) in [6.45, 7) is 3.03. The number of ether oxygens (including phenoxy) is 2. The van der Waals surface area contributed by atoms with Crippen LogP contribution in [-0.4, -0.2) is 43.7 Å². The molecular weight excluding hydrogens is 290 g/mol. The molecule has 1 aliphatic carbocycles. The van der Waals surface area contributed by atoms with Crippen LogP contribution < -0.4 is 4.74 Å². The molecule has 120 valence electrons. The summed E-state index contributed by atoms with van der Waals surface area (Å²) in [5.74, 6) is 1.35. The zero-order valence-corrected chi connectivity index (χ0v) is 13.3. The van der Waals surface area contributed by atoms with Crippen LogP contribution in [0.3, 0.4) is 0 Å². The standard InChI is InChI=1S/C19H21NO3/c1-22-19(21)15-8-14-4-2-3-5-17(14)18(9-15)23-12-16-11-20(16)10-13-6-7-13/h2-5,8-9,13,16H,6-7,10-12H2,1H3. The number of nitrogens with zero attached hydrogens (tertiary/aromatic N) is 1. The summed E-state index contributed by atoms with van der Waals surface area (Å²) in [5, 5.41) is 2.03. The highest BCUT2D eigenvalue weighted by molar-refractivity contribution is 5.98. The molecule has 0 aromatic heterocycles. The normalized spacial score (nSPS) is 22.8. The van der Waals surface area contributed by atoms with Crippen LogP contribution in [0.1, 0.15) is 23.2 Å². The maximum atomic E-state index is 11.9. The Morgan fingerprint density at radius 1 is 1.26 bits per heavy atom. The van der Waals surface area contributed by atoms with Crippen LogP contribution in [0.25, 0.3) is 10.8 Å². The number of methoxy groups -OCH3 is 1. The number of carbonyl (C=O) groups excluding carboxylic acids is 1. The van der Waals surface area contributed by atoms with Crippen LogP contribution in [0.5, 0.6) is 5.75 Å². The van der Waals surface area contributed by atoms with Gasteiger partial charge in [-0.25, -0.2) is 4.79 Å². The largest absolute Gasteiger partial charge is 0.491 e. The third-order valence-electron chi connectivity index (χ3n) is 4.69. The molecule has 0 radical (unpaired) electrons. The van der Waals surface area contributed by atoms with Crippen LogP contribution in [-0.2, 0) is 4.74 Å². The smallest absolute Gasteiger partial charge is 0.338 e. The van der Waals surface area contributed by atoms with Crippen molar-refractivity contribution in [3.8, 4) is 5.75 Å². The Morgan fingerprint density at radius 3 is 2.87 bits per heavy atom. The van der Waals surface area contributed by atoms with Crippen molar-refractivity contribution in [2.75, 3.05) is 26.8 Å². The summed E-state index contributed by atoms with van der Waals surface area (Å²) < 4.78 is 10.9. The second-order valence-electron chi connectivity index (χ2n) is 6.55.